The van der Waals surface area contributed by atoms with Gasteiger partial charge in [-0.05, 0) is 42.8 Å². The minimum atomic E-state index is 0.706. The average molecular weight is 287 g/mol. The molecule has 21 heavy (non-hydrogen) atoms. The van der Waals surface area contributed by atoms with Gasteiger partial charge in [-0.3, -0.25) is 4.98 Å². The van der Waals surface area contributed by atoms with Gasteiger partial charge < -0.3 is 9.47 Å². The fourth-order valence-electron chi connectivity index (χ4n) is 2.33. The zero-order chi connectivity index (χ0) is 15.1. The van der Waals surface area contributed by atoms with E-state index < -0.39 is 0 Å². The molecule has 2 aromatic rings. The zero-order valence-corrected chi connectivity index (χ0v) is 13.3. The summed E-state index contributed by atoms with van der Waals surface area (Å²) in [6.45, 7) is 7.81. The van der Waals surface area contributed by atoms with Crippen molar-refractivity contribution in [3.63, 3.8) is 0 Å². The maximum Gasteiger partial charge on any atom is 0.161 e. The molecular weight excluding hydrogens is 262 g/mol. The first-order valence-corrected chi connectivity index (χ1v) is 7.97. The van der Waals surface area contributed by atoms with Gasteiger partial charge in [0.25, 0.3) is 0 Å². The summed E-state index contributed by atoms with van der Waals surface area (Å²) in [6, 6.07) is 6.21. The van der Waals surface area contributed by atoms with E-state index in [9.17, 15) is 0 Å². The number of fused-ring (bicyclic) bond motifs is 1. The number of benzene rings is 1. The predicted molar refractivity (Wildman–Crippen MR) is 87.3 cm³/mol. The topological polar surface area (TPSA) is 31.4 Å². The highest BCUT2D eigenvalue weighted by Crippen LogP contribution is 2.34. The quantitative estimate of drug-likeness (QED) is 0.701. The normalized spacial score (nSPS) is 10.8. The molecule has 0 saturated heterocycles. The molecule has 3 nitrogen and oxygen atoms in total. The highest BCUT2D eigenvalue weighted by atomic mass is 16.5. The van der Waals surface area contributed by atoms with Gasteiger partial charge in [-0.25, -0.2) is 0 Å². The number of ether oxygens (including phenoxy) is 2. The van der Waals surface area contributed by atoms with Crippen LogP contribution in [0.5, 0.6) is 11.5 Å². The Morgan fingerprint density at radius 3 is 2.19 bits per heavy atom. The lowest BCUT2D eigenvalue weighted by atomic mass is 10.1. The minimum absolute atomic E-state index is 0.706. The highest BCUT2D eigenvalue weighted by Gasteiger charge is 2.10. The molecule has 2 rings (SSSR count). The van der Waals surface area contributed by atoms with E-state index in [-0.39, 0.29) is 0 Å². The maximum atomic E-state index is 5.87. The largest absolute Gasteiger partial charge is 0.490 e. The maximum absolute atomic E-state index is 5.87. The van der Waals surface area contributed by atoms with Crippen LogP contribution in [0, 0.1) is 0 Å². The van der Waals surface area contributed by atoms with Crippen LogP contribution in [0.2, 0.25) is 0 Å². The van der Waals surface area contributed by atoms with Crippen molar-refractivity contribution in [2.75, 3.05) is 13.2 Å². The van der Waals surface area contributed by atoms with Crippen molar-refractivity contribution in [1.82, 2.24) is 4.98 Å². The molecule has 0 N–H and O–H groups in total. The summed E-state index contributed by atoms with van der Waals surface area (Å²) in [7, 11) is 0. The van der Waals surface area contributed by atoms with E-state index in [0.717, 1.165) is 42.9 Å². The number of aromatic nitrogens is 1. The highest BCUT2D eigenvalue weighted by molar-refractivity contribution is 5.87. The number of rotatable bonds is 8. The minimum Gasteiger partial charge on any atom is -0.490 e. The lowest BCUT2D eigenvalue weighted by molar-refractivity contribution is 0.269. The van der Waals surface area contributed by atoms with E-state index in [0.29, 0.717) is 13.2 Å². The van der Waals surface area contributed by atoms with Crippen molar-refractivity contribution in [3.8, 4) is 11.5 Å². The molecule has 0 aliphatic heterocycles. The monoisotopic (exact) mass is 287 g/mol. The molecule has 1 aromatic carbocycles. The zero-order valence-electron chi connectivity index (χ0n) is 13.3. The van der Waals surface area contributed by atoms with Crippen LogP contribution in [0.4, 0.5) is 0 Å². The summed E-state index contributed by atoms with van der Waals surface area (Å²) in [5.41, 5.74) is 1.14. The van der Waals surface area contributed by atoms with Crippen LogP contribution in [0.3, 0.4) is 0 Å². The van der Waals surface area contributed by atoms with E-state index >= 15 is 0 Å². The summed E-state index contributed by atoms with van der Waals surface area (Å²) in [5, 5.41) is 2.35. The average Bonchev–Trinajstić information content (AvgIpc) is 2.51. The molecule has 114 valence electrons. The van der Waals surface area contributed by atoms with E-state index in [2.05, 4.69) is 37.9 Å². The van der Waals surface area contributed by atoms with Crippen molar-refractivity contribution < 1.29 is 9.47 Å². The van der Waals surface area contributed by atoms with Crippen LogP contribution in [0.25, 0.3) is 10.8 Å². The number of aryl methyl sites for hydroxylation is 1. The third kappa shape index (κ3) is 3.87. The van der Waals surface area contributed by atoms with Gasteiger partial charge in [0.15, 0.2) is 11.5 Å². The fraction of sp³-hybridized carbons (Fsp3) is 0.500. The Hall–Kier alpha value is -1.77. The lowest BCUT2D eigenvalue weighted by Crippen LogP contribution is -2.02. The Bertz CT molecular complexity index is 581. The third-order valence-electron chi connectivity index (χ3n) is 3.32. The van der Waals surface area contributed by atoms with E-state index in [4.69, 9.17) is 9.47 Å². The molecule has 1 aromatic heterocycles. The van der Waals surface area contributed by atoms with Gasteiger partial charge in [0.1, 0.15) is 0 Å². The van der Waals surface area contributed by atoms with Crippen molar-refractivity contribution in [3.05, 3.63) is 30.1 Å². The van der Waals surface area contributed by atoms with Gasteiger partial charge in [0.2, 0.25) is 0 Å². The Morgan fingerprint density at radius 2 is 1.57 bits per heavy atom. The van der Waals surface area contributed by atoms with Crippen molar-refractivity contribution in [2.24, 2.45) is 0 Å². The molecule has 0 fully saturated rings. The number of pyridine rings is 1. The van der Waals surface area contributed by atoms with E-state index in [1.165, 1.54) is 10.8 Å². The number of nitrogens with zero attached hydrogens (tertiary/aromatic N) is 1. The summed E-state index contributed by atoms with van der Waals surface area (Å²) < 4.78 is 11.7. The Kier molecular flexibility index (Phi) is 5.85. The molecule has 0 aliphatic rings. The molecule has 0 radical (unpaired) electrons. The van der Waals surface area contributed by atoms with Crippen LogP contribution < -0.4 is 9.47 Å². The molecular formula is C18H25NO2. The Balaban J connectivity index is 2.45. The van der Waals surface area contributed by atoms with E-state index in [1.54, 1.807) is 0 Å². The summed E-state index contributed by atoms with van der Waals surface area (Å²) in [4.78, 5) is 4.51. The summed E-state index contributed by atoms with van der Waals surface area (Å²) in [5.74, 6) is 1.68. The van der Waals surface area contributed by atoms with Crippen molar-refractivity contribution in [2.45, 2.75) is 46.5 Å². The summed E-state index contributed by atoms with van der Waals surface area (Å²) in [6.07, 6.45) is 5.93. The van der Waals surface area contributed by atoms with Gasteiger partial charge in [0, 0.05) is 17.3 Å². The van der Waals surface area contributed by atoms with Gasteiger partial charge in [-0.15, -0.1) is 0 Å². The molecule has 0 amide bonds. The second-order valence-electron chi connectivity index (χ2n) is 5.22. The first-order chi connectivity index (χ1) is 10.3. The number of hydrogen-bond acceptors (Lipinski definition) is 3. The van der Waals surface area contributed by atoms with Gasteiger partial charge in [0.05, 0.1) is 13.2 Å². The van der Waals surface area contributed by atoms with Crippen LogP contribution >= 0.6 is 0 Å². The van der Waals surface area contributed by atoms with Gasteiger partial charge >= 0.3 is 0 Å². The molecule has 0 bridgehead atoms. The fourth-order valence-corrected chi connectivity index (χ4v) is 2.33. The molecule has 0 saturated carbocycles. The molecule has 0 unspecified atom stereocenters. The van der Waals surface area contributed by atoms with Crippen molar-refractivity contribution >= 4 is 10.8 Å². The summed E-state index contributed by atoms with van der Waals surface area (Å²) >= 11 is 0. The van der Waals surface area contributed by atoms with Crippen LogP contribution in [0.1, 0.15) is 45.7 Å². The molecule has 1 heterocycles. The molecule has 0 atom stereocenters. The third-order valence-corrected chi connectivity index (χ3v) is 3.32. The van der Waals surface area contributed by atoms with Crippen LogP contribution in [-0.2, 0) is 6.42 Å². The second kappa shape index (κ2) is 7.87. The van der Waals surface area contributed by atoms with Crippen LogP contribution in [0.15, 0.2) is 24.4 Å². The number of hydrogen-bond donors (Lipinski definition) is 0. The Morgan fingerprint density at radius 1 is 0.905 bits per heavy atom. The molecule has 0 spiro atoms. The van der Waals surface area contributed by atoms with Crippen molar-refractivity contribution in [1.29, 1.82) is 0 Å². The predicted octanol–water partition coefficient (Wildman–Crippen LogP) is 4.76. The van der Waals surface area contributed by atoms with Crippen LogP contribution in [-0.4, -0.2) is 18.2 Å². The molecule has 0 aliphatic carbocycles. The Labute approximate surface area is 127 Å². The van der Waals surface area contributed by atoms with Gasteiger partial charge in [-0.1, -0.05) is 27.2 Å². The standard InChI is InChI=1S/C18H25NO2/c1-4-7-16-15-13-18(21-11-6-3)17(20-10-5-2)12-14(15)8-9-19-16/h8-9,12-13H,4-7,10-11H2,1-3H3. The first-order valence-electron chi connectivity index (χ1n) is 7.97. The van der Waals surface area contributed by atoms with Gasteiger partial charge in [-0.2, -0.15) is 0 Å². The SMILES string of the molecule is CCCOc1cc2ccnc(CCC)c2cc1OCCC. The van der Waals surface area contributed by atoms with E-state index in [1.807, 2.05) is 12.3 Å². The first kappa shape index (κ1) is 15.6. The molecule has 3 heteroatoms. The smallest absolute Gasteiger partial charge is 0.161 e. The lowest BCUT2D eigenvalue weighted by Gasteiger charge is -2.14. The second-order valence-corrected chi connectivity index (χ2v) is 5.22.